The summed E-state index contributed by atoms with van der Waals surface area (Å²) in [5.74, 6) is 0.258. The number of hydrogen-bond donors (Lipinski definition) is 1. The summed E-state index contributed by atoms with van der Waals surface area (Å²) < 4.78 is 5.01. The summed E-state index contributed by atoms with van der Waals surface area (Å²) >= 11 is 1.61. The highest BCUT2D eigenvalue weighted by Gasteiger charge is 2.29. The molecule has 0 aliphatic rings. The molecule has 2 amide bonds. The zero-order valence-corrected chi connectivity index (χ0v) is 29.7. The van der Waals surface area contributed by atoms with E-state index in [1.165, 1.54) is 12.7 Å². The van der Waals surface area contributed by atoms with Gasteiger partial charge in [-0.3, -0.25) is 14.5 Å². The lowest BCUT2D eigenvalue weighted by Gasteiger charge is -2.37. The molecule has 7 nitrogen and oxygen atoms in total. The number of benzene rings is 4. The number of methoxy groups -OCH3 is 1. The summed E-state index contributed by atoms with van der Waals surface area (Å²) in [4.78, 5) is 43.9. The maximum absolute atomic E-state index is 13.7. The number of nitrogens with zero attached hydrogens (tertiary/aromatic N) is 2. The SMILES string of the molecule is COC(=O)C(CCSC)NC(=O)CN(Cc1cccc2ccccc12)CC(CC(C)C)N(C(C)=O)c1ccccc1Cc1ccccc1. The molecule has 0 aliphatic carbocycles. The molecule has 4 aromatic carbocycles. The van der Waals surface area contributed by atoms with Crippen molar-refractivity contribution < 1.29 is 19.1 Å². The van der Waals surface area contributed by atoms with Crippen LogP contribution < -0.4 is 10.2 Å². The van der Waals surface area contributed by atoms with Crippen LogP contribution in [0.5, 0.6) is 0 Å². The van der Waals surface area contributed by atoms with E-state index >= 15 is 0 Å². The number of fused-ring (bicyclic) bond motifs is 1. The number of carbonyl (C=O) groups is 3. The van der Waals surface area contributed by atoms with Crippen molar-refractivity contribution in [3.8, 4) is 0 Å². The average Bonchev–Trinajstić information content (AvgIpc) is 3.07. The molecule has 4 aromatic rings. The topological polar surface area (TPSA) is 79.0 Å². The minimum absolute atomic E-state index is 0.0430. The Labute approximate surface area is 290 Å². The van der Waals surface area contributed by atoms with Gasteiger partial charge in [-0.15, -0.1) is 0 Å². The molecule has 0 radical (unpaired) electrons. The zero-order valence-electron chi connectivity index (χ0n) is 28.9. The van der Waals surface area contributed by atoms with Gasteiger partial charge in [0.2, 0.25) is 11.8 Å². The summed E-state index contributed by atoms with van der Waals surface area (Å²) in [7, 11) is 1.34. The second-order valence-electron chi connectivity index (χ2n) is 12.7. The van der Waals surface area contributed by atoms with Gasteiger partial charge in [-0.05, 0) is 70.7 Å². The fourth-order valence-corrected chi connectivity index (χ4v) is 6.84. The molecule has 48 heavy (non-hydrogen) atoms. The van der Waals surface area contributed by atoms with E-state index in [4.69, 9.17) is 4.74 Å². The fourth-order valence-electron chi connectivity index (χ4n) is 6.36. The summed E-state index contributed by atoms with van der Waals surface area (Å²) in [5, 5.41) is 5.19. The number of thioether (sulfide) groups is 1. The first-order valence-corrected chi connectivity index (χ1v) is 18.1. The number of esters is 1. The van der Waals surface area contributed by atoms with Gasteiger partial charge in [-0.25, -0.2) is 4.79 Å². The van der Waals surface area contributed by atoms with Crippen molar-refractivity contribution in [3.63, 3.8) is 0 Å². The van der Waals surface area contributed by atoms with Crippen LogP contribution in [0, 0.1) is 5.92 Å². The lowest BCUT2D eigenvalue weighted by Crippen LogP contribution is -2.51. The largest absolute Gasteiger partial charge is 0.467 e. The predicted molar refractivity (Wildman–Crippen MR) is 198 cm³/mol. The van der Waals surface area contributed by atoms with Gasteiger partial charge in [0.15, 0.2) is 0 Å². The first-order chi connectivity index (χ1) is 23.2. The standard InChI is InChI=1S/C40H49N3O4S/c1-29(2)24-35(43(30(3)44)38-21-12-10-17-33(38)25-31-14-7-6-8-15-31)27-42(26-34-19-13-18-32-16-9-11-20-36(32)34)28-39(45)41-37(22-23-48-5)40(46)47-4/h6-21,29,35,37H,22-28H2,1-5H3,(H,41,45). The van der Waals surface area contributed by atoms with Crippen molar-refractivity contribution in [3.05, 3.63) is 114 Å². The fraction of sp³-hybridized carbons (Fsp3) is 0.375. The Morgan fingerprint density at radius 2 is 1.52 bits per heavy atom. The van der Waals surface area contributed by atoms with Gasteiger partial charge >= 0.3 is 5.97 Å². The van der Waals surface area contributed by atoms with Crippen LogP contribution in [0.3, 0.4) is 0 Å². The molecule has 254 valence electrons. The molecule has 0 heterocycles. The van der Waals surface area contributed by atoms with E-state index in [9.17, 15) is 14.4 Å². The van der Waals surface area contributed by atoms with Gasteiger partial charge in [0.25, 0.3) is 0 Å². The Hall–Kier alpha value is -4.14. The Kier molecular flexibility index (Phi) is 14.1. The molecule has 8 heteroatoms. The van der Waals surface area contributed by atoms with E-state index in [1.807, 2.05) is 65.8 Å². The molecule has 4 rings (SSSR count). The van der Waals surface area contributed by atoms with Crippen LogP contribution in [0.1, 0.15) is 50.3 Å². The summed E-state index contributed by atoms with van der Waals surface area (Å²) in [6, 6.07) is 31.9. The van der Waals surface area contributed by atoms with Crippen molar-refractivity contribution >= 4 is 46.0 Å². The zero-order chi connectivity index (χ0) is 34.5. The molecule has 0 fully saturated rings. The highest BCUT2D eigenvalue weighted by atomic mass is 32.2. The first kappa shape index (κ1) is 36.7. The lowest BCUT2D eigenvalue weighted by molar-refractivity contribution is -0.145. The van der Waals surface area contributed by atoms with Gasteiger partial charge in [-0.1, -0.05) is 105 Å². The molecule has 2 atom stereocenters. The van der Waals surface area contributed by atoms with E-state index < -0.39 is 12.0 Å². The molecule has 0 aliphatic heterocycles. The highest BCUT2D eigenvalue weighted by molar-refractivity contribution is 7.98. The predicted octanol–water partition coefficient (Wildman–Crippen LogP) is 7.11. The van der Waals surface area contributed by atoms with Crippen LogP contribution in [-0.4, -0.2) is 67.0 Å². The van der Waals surface area contributed by atoms with Gasteiger partial charge in [-0.2, -0.15) is 11.8 Å². The summed E-state index contributed by atoms with van der Waals surface area (Å²) in [6.07, 6.45) is 3.89. The maximum Gasteiger partial charge on any atom is 0.328 e. The number of nitrogens with one attached hydrogen (secondary N) is 1. The molecule has 0 spiro atoms. The quantitative estimate of drug-likeness (QED) is 0.121. The molecule has 0 saturated heterocycles. The molecular formula is C40H49N3O4S. The smallest absolute Gasteiger partial charge is 0.328 e. The molecule has 2 unspecified atom stereocenters. The number of anilines is 1. The van der Waals surface area contributed by atoms with E-state index in [1.54, 1.807) is 18.7 Å². The van der Waals surface area contributed by atoms with Gasteiger partial charge in [0.1, 0.15) is 6.04 Å². The van der Waals surface area contributed by atoms with Gasteiger partial charge in [0.05, 0.1) is 13.7 Å². The first-order valence-electron chi connectivity index (χ1n) is 16.7. The van der Waals surface area contributed by atoms with Crippen LogP contribution in [0.4, 0.5) is 5.69 Å². The van der Waals surface area contributed by atoms with Crippen LogP contribution in [0.2, 0.25) is 0 Å². The molecule has 0 bridgehead atoms. The van der Waals surface area contributed by atoms with Crippen LogP contribution in [0.25, 0.3) is 10.8 Å². The molecule has 0 saturated carbocycles. The van der Waals surface area contributed by atoms with E-state index in [2.05, 4.69) is 66.5 Å². The second-order valence-corrected chi connectivity index (χ2v) is 13.7. The number of carbonyl (C=O) groups excluding carboxylic acids is 3. The van der Waals surface area contributed by atoms with E-state index in [0.717, 1.165) is 34.0 Å². The van der Waals surface area contributed by atoms with Crippen molar-refractivity contribution in [2.24, 2.45) is 5.92 Å². The van der Waals surface area contributed by atoms with Gasteiger partial charge < -0.3 is 15.0 Å². The third kappa shape index (κ3) is 10.4. The molecule has 1 N–H and O–H groups in total. The Morgan fingerprint density at radius 3 is 2.23 bits per heavy atom. The third-order valence-corrected chi connectivity index (χ3v) is 9.12. The van der Waals surface area contributed by atoms with Crippen molar-refractivity contribution in [2.45, 2.75) is 58.7 Å². The Morgan fingerprint density at radius 1 is 0.854 bits per heavy atom. The van der Waals surface area contributed by atoms with Crippen LogP contribution in [0.15, 0.2) is 97.1 Å². The Bertz CT molecular complexity index is 1640. The van der Waals surface area contributed by atoms with Gasteiger partial charge in [0, 0.05) is 31.7 Å². The minimum Gasteiger partial charge on any atom is -0.467 e. The molecular weight excluding hydrogens is 619 g/mol. The maximum atomic E-state index is 13.7. The normalized spacial score (nSPS) is 12.6. The number of para-hydroxylation sites is 1. The number of hydrogen-bond acceptors (Lipinski definition) is 6. The summed E-state index contributed by atoms with van der Waals surface area (Å²) in [6.45, 7) is 6.96. The van der Waals surface area contributed by atoms with Crippen LogP contribution >= 0.6 is 11.8 Å². The van der Waals surface area contributed by atoms with Crippen molar-refractivity contribution in [1.82, 2.24) is 10.2 Å². The van der Waals surface area contributed by atoms with Crippen LogP contribution in [-0.2, 0) is 32.1 Å². The summed E-state index contributed by atoms with van der Waals surface area (Å²) in [5.41, 5.74) is 4.22. The Balaban J connectivity index is 1.71. The number of ether oxygens (including phenoxy) is 1. The minimum atomic E-state index is -0.723. The van der Waals surface area contributed by atoms with Crippen molar-refractivity contribution in [1.29, 1.82) is 0 Å². The number of amides is 2. The monoisotopic (exact) mass is 667 g/mol. The lowest BCUT2D eigenvalue weighted by atomic mass is 9.97. The second kappa shape index (κ2) is 18.4. The number of rotatable bonds is 17. The van der Waals surface area contributed by atoms with E-state index in [0.29, 0.717) is 37.6 Å². The molecule has 0 aromatic heterocycles. The van der Waals surface area contributed by atoms with E-state index in [-0.39, 0.29) is 24.4 Å². The van der Waals surface area contributed by atoms with Crippen molar-refractivity contribution in [2.75, 3.05) is 37.1 Å². The highest BCUT2D eigenvalue weighted by Crippen LogP contribution is 2.29. The average molecular weight is 668 g/mol. The third-order valence-electron chi connectivity index (χ3n) is 8.48.